The zero-order valence-corrected chi connectivity index (χ0v) is 13.7. The summed E-state index contributed by atoms with van der Waals surface area (Å²) in [6, 6.07) is 4.46. The molecule has 0 saturated carbocycles. The molecule has 2 rings (SSSR count). The van der Waals surface area contributed by atoms with Gasteiger partial charge in [-0.3, -0.25) is 4.79 Å². The summed E-state index contributed by atoms with van der Waals surface area (Å²) in [5, 5.41) is 0.919. The number of carbonyl (C=O) groups excluding carboxylic acids is 1. The highest BCUT2D eigenvalue weighted by Gasteiger charge is 2.25. The maximum atomic E-state index is 14.0. The number of ether oxygens (including phenoxy) is 1. The van der Waals surface area contributed by atoms with Crippen LogP contribution in [-0.4, -0.2) is 60.9 Å². The van der Waals surface area contributed by atoms with Gasteiger partial charge in [0.1, 0.15) is 17.1 Å². The molecule has 1 aromatic rings. The van der Waals surface area contributed by atoms with E-state index >= 15 is 0 Å². The van der Waals surface area contributed by atoms with Gasteiger partial charge in [0.25, 0.3) is 5.91 Å². The van der Waals surface area contributed by atoms with Crippen molar-refractivity contribution in [2.45, 2.75) is 6.42 Å². The molecule has 0 bridgehead atoms. The third-order valence-corrected chi connectivity index (χ3v) is 4.04. The minimum atomic E-state index is -0.527. The summed E-state index contributed by atoms with van der Waals surface area (Å²) < 4.78 is 19.1. The number of hydrogen-bond acceptors (Lipinski definition) is 3. The first kappa shape index (κ1) is 16.2. The average molecular weight is 359 g/mol. The summed E-state index contributed by atoms with van der Waals surface area (Å²) in [6.07, 6.45) is 0.898. The van der Waals surface area contributed by atoms with Gasteiger partial charge in [-0.15, -0.1) is 0 Å². The largest absolute Gasteiger partial charge is 0.496 e. The topological polar surface area (TPSA) is 32.8 Å². The molecule has 1 saturated heterocycles. The zero-order chi connectivity index (χ0) is 15.2. The molecule has 116 valence electrons. The van der Waals surface area contributed by atoms with E-state index in [0.29, 0.717) is 18.8 Å². The van der Waals surface area contributed by atoms with Gasteiger partial charge in [-0.25, -0.2) is 4.39 Å². The van der Waals surface area contributed by atoms with Crippen molar-refractivity contribution in [3.8, 4) is 5.75 Å². The fourth-order valence-electron chi connectivity index (χ4n) is 2.56. The summed E-state index contributed by atoms with van der Waals surface area (Å²) >= 11 is 3.43. The van der Waals surface area contributed by atoms with Crippen molar-refractivity contribution in [2.24, 2.45) is 0 Å². The number of halogens is 2. The molecular weight excluding hydrogens is 339 g/mol. The van der Waals surface area contributed by atoms with Crippen molar-refractivity contribution < 1.29 is 13.9 Å². The fraction of sp³-hybridized carbons (Fsp3) is 0.533. The van der Waals surface area contributed by atoms with Gasteiger partial charge in [0, 0.05) is 31.5 Å². The van der Waals surface area contributed by atoms with E-state index in [1.54, 1.807) is 17.0 Å². The van der Waals surface area contributed by atoms with Crippen LogP contribution in [0.15, 0.2) is 18.2 Å². The molecule has 0 radical (unpaired) electrons. The molecule has 0 N–H and O–H groups in total. The third kappa shape index (κ3) is 3.95. The quantitative estimate of drug-likeness (QED) is 0.774. The minimum Gasteiger partial charge on any atom is -0.496 e. The molecule has 1 amide bonds. The monoisotopic (exact) mass is 358 g/mol. The molecule has 0 atom stereocenters. The first-order valence-electron chi connectivity index (χ1n) is 7.07. The van der Waals surface area contributed by atoms with Gasteiger partial charge < -0.3 is 14.5 Å². The standard InChI is InChI=1S/C15H20BrFN2O2/c1-21-13-5-2-4-12(17)14(13)15(20)19-8-3-7-18(9-6-16)10-11-19/h2,4-5H,3,6-11H2,1H3. The highest BCUT2D eigenvalue weighted by molar-refractivity contribution is 9.09. The van der Waals surface area contributed by atoms with Crippen LogP contribution in [0.25, 0.3) is 0 Å². The minimum absolute atomic E-state index is 0.0361. The van der Waals surface area contributed by atoms with Crippen molar-refractivity contribution in [3.05, 3.63) is 29.6 Å². The molecule has 4 nitrogen and oxygen atoms in total. The fourth-order valence-corrected chi connectivity index (χ4v) is 3.06. The lowest BCUT2D eigenvalue weighted by atomic mass is 10.1. The first-order valence-corrected chi connectivity index (χ1v) is 8.19. The zero-order valence-electron chi connectivity index (χ0n) is 12.1. The smallest absolute Gasteiger partial charge is 0.260 e. The normalized spacial score (nSPS) is 16.6. The maximum Gasteiger partial charge on any atom is 0.260 e. The van der Waals surface area contributed by atoms with Gasteiger partial charge in [-0.1, -0.05) is 22.0 Å². The van der Waals surface area contributed by atoms with Crippen LogP contribution in [0.4, 0.5) is 4.39 Å². The summed E-state index contributed by atoms with van der Waals surface area (Å²) in [6.45, 7) is 4.00. The Morgan fingerprint density at radius 1 is 1.33 bits per heavy atom. The lowest BCUT2D eigenvalue weighted by molar-refractivity contribution is 0.0753. The third-order valence-electron chi connectivity index (χ3n) is 3.69. The molecule has 21 heavy (non-hydrogen) atoms. The Hall–Kier alpha value is -1.14. The molecule has 0 spiro atoms. The molecule has 0 aromatic heterocycles. The molecular formula is C15H20BrFN2O2. The van der Waals surface area contributed by atoms with E-state index in [1.807, 2.05) is 0 Å². The Morgan fingerprint density at radius 3 is 2.86 bits per heavy atom. The van der Waals surface area contributed by atoms with E-state index in [-0.39, 0.29) is 11.5 Å². The first-order chi connectivity index (χ1) is 10.2. The van der Waals surface area contributed by atoms with Crippen LogP contribution in [0.1, 0.15) is 16.8 Å². The van der Waals surface area contributed by atoms with Crippen LogP contribution < -0.4 is 4.74 Å². The Labute approximate surface area is 133 Å². The van der Waals surface area contributed by atoms with Gasteiger partial charge in [-0.2, -0.15) is 0 Å². The molecule has 1 aliphatic rings. The Kier molecular flexibility index (Phi) is 5.99. The average Bonchev–Trinajstić information content (AvgIpc) is 2.72. The summed E-state index contributed by atoms with van der Waals surface area (Å²) in [5.74, 6) is -0.520. The molecule has 1 aliphatic heterocycles. The van der Waals surface area contributed by atoms with Gasteiger partial charge >= 0.3 is 0 Å². The van der Waals surface area contributed by atoms with E-state index < -0.39 is 5.82 Å². The second kappa shape index (κ2) is 7.75. The summed E-state index contributed by atoms with van der Waals surface area (Å²) in [4.78, 5) is 16.6. The number of carbonyl (C=O) groups is 1. The van der Waals surface area contributed by atoms with Crippen molar-refractivity contribution in [1.82, 2.24) is 9.80 Å². The van der Waals surface area contributed by atoms with E-state index in [2.05, 4.69) is 20.8 Å². The van der Waals surface area contributed by atoms with Crippen molar-refractivity contribution in [1.29, 1.82) is 0 Å². The molecule has 1 aromatic carbocycles. The second-order valence-electron chi connectivity index (χ2n) is 4.99. The van der Waals surface area contributed by atoms with E-state index in [0.717, 1.165) is 31.4 Å². The number of alkyl halides is 1. The molecule has 0 unspecified atom stereocenters. The molecule has 1 heterocycles. The highest BCUT2D eigenvalue weighted by atomic mass is 79.9. The number of benzene rings is 1. The highest BCUT2D eigenvalue weighted by Crippen LogP contribution is 2.23. The van der Waals surface area contributed by atoms with Gasteiger partial charge in [0.05, 0.1) is 7.11 Å². The number of hydrogen-bond donors (Lipinski definition) is 0. The Balaban J connectivity index is 2.13. The van der Waals surface area contributed by atoms with E-state index in [4.69, 9.17) is 4.74 Å². The number of rotatable bonds is 4. The van der Waals surface area contributed by atoms with Crippen molar-refractivity contribution >= 4 is 21.8 Å². The maximum absolute atomic E-state index is 14.0. The lowest BCUT2D eigenvalue weighted by Crippen LogP contribution is -2.36. The van der Waals surface area contributed by atoms with E-state index in [9.17, 15) is 9.18 Å². The summed E-state index contributed by atoms with van der Waals surface area (Å²) in [7, 11) is 1.45. The molecule has 6 heteroatoms. The van der Waals surface area contributed by atoms with Crippen LogP contribution in [0.2, 0.25) is 0 Å². The SMILES string of the molecule is COc1cccc(F)c1C(=O)N1CCCN(CCBr)CC1. The van der Waals surface area contributed by atoms with Crippen LogP contribution in [0.3, 0.4) is 0 Å². The van der Waals surface area contributed by atoms with Crippen molar-refractivity contribution in [3.63, 3.8) is 0 Å². The van der Waals surface area contributed by atoms with Crippen LogP contribution >= 0.6 is 15.9 Å². The predicted octanol–water partition coefficient (Wildman–Crippen LogP) is 2.38. The van der Waals surface area contributed by atoms with Gasteiger partial charge in [-0.05, 0) is 25.1 Å². The number of methoxy groups -OCH3 is 1. The second-order valence-corrected chi connectivity index (χ2v) is 5.79. The van der Waals surface area contributed by atoms with Crippen LogP contribution in [-0.2, 0) is 0 Å². The lowest BCUT2D eigenvalue weighted by Gasteiger charge is -2.22. The van der Waals surface area contributed by atoms with Gasteiger partial charge in [0.2, 0.25) is 0 Å². The van der Waals surface area contributed by atoms with Crippen LogP contribution in [0, 0.1) is 5.82 Å². The summed E-state index contributed by atoms with van der Waals surface area (Å²) in [5.41, 5.74) is 0.0361. The number of nitrogens with zero attached hydrogens (tertiary/aromatic N) is 2. The van der Waals surface area contributed by atoms with Crippen LogP contribution in [0.5, 0.6) is 5.75 Å². The van der Waals surface area contributed by atoms with Gasteiger partial charge in [0.15, 0.2) is 0 Å². The number of amides is 1. The molecule has 1 fully saturated rings. The Bertz CT molecular complexity index is 499. The van der Waals surface area contributed by atoms with Crippen molar-refractivity contribution in [2.75, 3.05) is 45.2 Å². The predicted molar refractivity (Wildman–Crippen MR) is 83.7 cm³/mol. The molecule has 0 aliphatic carbocycles. The Morgan fingerprint density at radius 2 is 2.14 bits per heavy atom. The van der Waals surface area contributed by atoms with E-state index in [1.165, 1.54) is 13.2 Å².